The van der Waals surface area contributed by atoms with Gasteiger partial charge in [-0.2, -0.15) is 0 Å². The van der Waals surface area contributed by atoms with Crippen LogP contribution in [0.5, 0.6) is 0 Å². The van der Waals surface area contributed by atoms with Gasteiger partial charge >= 0.3 is 5.97 Å². The molecule has 0 bridgehead atoms. The fourth-order valence-corrected chi connectivity index (χ4v) is 2.30. The quantitative estimate of drug-likeness (QED) is 0.184. The number of carbonyl (C=O) groups is 1. The summed E-state index contributed by atoms with van der Waals surface area (Å²) in [6.07, 6.45) is 8.44. The number of ether oxygens (including phenoxy) is 1. The number of rotatable bonds is 15. The Balaban J connectivity index is 4.15. The van der Waals surface area contributed by atoms with E-state index in [1.807, 2.05) is 0 Å². The molecule has 130 valence electrons. The summed E-state index contributed by atoms with van der Waals surface area (Å²) in [6.45, 7) is 4.10. The zero-order valence-corrected chi connectivity index (χ0v) is 13.7. The molecule has 6 nitrogen and oxygen atoms in total. The number of aliphatic hydroxyl groups is 2. The first-order valence-electron chi connectivity index (χ1n) is 8.11. The third-order valence-corrected chi connectivity index (χ3v) is 3.63. The Hall–Kier alpha value is -0.950. The molecular formula is C16H32NO5+. The van der Waals surface area contributed by atoms with Crippen molar-refractivity contribution in [3.05, 3.63) is 12.2 Å². The zero-order chi connectivity index (χ0) is 16.7. The van der Waals surface area contributed by atoms with E-state index in [0.717, 1.165) is 25.7 Å². The smallest absolute Gasteiger partial charge is 0.309 e. The highest BCUT2D eigenvalue weighted by Crippen LogP contribution is 2.09. The first-order chi connectivity index (χ1) is 10.6. The molecule has 0 aromatic heterocycles. The van der Waals surface area contributed by atoms with E-state index in [0.29, 0.717) is 33.0 Å². The van der Waals surface area contributed by atoms with Gasteiger partial charge in [-0.3, -0.25) is 9.28 Å². The average Bonchev–Trinajstić information content (AvgIpc) is 2.48. The second kappa shape index (κ2) is 13.7. The number of unbranched alkanes of at least 4 members (excludes halogenated alkanes) is 2. The van der Waals surface area contributed by atoms with Gasteiger partial charge in [0.25, 0.3) is 0 Å². The number of carboxylic acids is 1. The van der Waals surface area contributed by atoms with Gasteiger partial charge in [0.1, 0.15) is 13.1 Å². The number of quaternary nitrogens is 1. The summed E-state index contributed by atoms with van der Waals surface area (Å²) in [6, 6.07) is 0. The van der Waals surface area contributed by atoms with Gasteiger partial charge in [-0.15, -0.1) is 0 Å². The second-order valence-corrected chi connectivity index (χ2v) is 5.52. The Morgan fingerprint density at radius 3 is 2.32 bits per heavy atom. The normalized spacial score (nSPS) is 12.1. The van der Waals surface area contributed by atoms with Crippen LogP contribution in [0.25, 0.3) is 0 Å². The molecular weight excluding hydrogens is 286 g/mol. The standard InChI is InChI=1S/C16H31NO5/c1-2-3-4-5-6-7-14-22-15-17(10-12-18,11-13-19)9-8-16(20)21/h3-4,18-19H,2,5-15H2,1H3/p+1/b4-3+. The van der Waals surface area contributed by atoms with E-state index in [1.54, 1.807) is 0 Å². The molecule has 0 saturated heterocycles. The molecule has 0 radical (unpaired) electrons. The third kappa shape index (κ3) is 10.7. The van der Waals surface area contributed by atoms with E-state index >= 15 is 0 Å². The van der Waals surface area contributed by atoms with Crippen LogP contribution in [0.2, 0.25) is 0 Å². The van der Waals surface area contributed by atoms with Crippen molar-refractivity contribution >= 4 is 5.97 Å². The molecule has 0 spiro atoms. The number of allylic oxidation sites excluding steroid dienone is 2. The zero-order valence-electron chi connectivity index (χ0n) is 13.7. The highest BCUT2D eigenvalue weighted by atomic mass is 16.5. The first-order valence-corrected chi connectivity index (χ1v) is 8.11. The van der Waals surface area contributed by atoms with Gasteiger partial charge in [0.05, 0.1) is 32.8 Å². The molecule has 0 aliphatic rings. The van der Waals surface area contributed by atoms with Crippen molar-refractivity contribution in [1.29, 1.82) is 0 Å². The summed E-state index contributed by atoms with van der Waals surface area (Å²) in [5.74, 6) is -0.874. The largest absolute Gasteiger partial charge is 0.481 e. The molecule has 0 atom stereocenters. The van der Waals surface area contributed by atoms with Crippen molar-refractivity contribution < 1.29 is 29.3 Å². The molecule has 0 aliphatic heterocycles. The lowest BCUT2D eigenvalue weighted by Crippen LogP contribution is -2.54. The van der Waals surface area contributed by atoms with Crippen molar-refractivity contribution in [2.75, 3.05) is 46.2 Å². The monoisotopic (exact) mass is 318 g/mol. The van der Waals surface area contributed by atoms with Crippen LogP contribution in [0.1, 0.15) is 39.0 Å². The van der Waals surface area contributed by atoms with Crippen molar-refractivity contribution in [2.24, 2.45) is 0 Å². The summed E-state index contributed by atoms with van der Waals surface area (Å²) >= 11 is 0. The topological polar surface area (TPSA) is 87.0 Å². The van der Waals surface area contributed by atoms with Gasteiger partial charge < -0.3 is 20.1 Å². The van der Waals surface area contributed by atoms with Crippen molar-refractivity contribution in [1.82, 2.24) is 0 Å². The van der Waals surface area contributed by atoms with Gasteiger partial charge in [0.2, 0.25) is 0 Å². The van der Waals surface area contributed by atoms with Crippen LogP contribution < -0.4 is 0 Å². The van der Waals surface area contributed by atoms with E-state index in [4.69, 9.17) is 9.84 Å². The molecule has 0 aliphatic carbocycles. The maximum absolute atomic E-state index is 10.8. The van der Waals surface area contributed by atoms with Crippen LogP contribution in [0.4, 0.5) is 0 Å². The van der Waals surface area contributed by atoms with Gasteiger partial charge in [-0.25, -0.2) is 0 Å². The molecule has 22 heavy (non-hydrogen) atoms. The van der Waals surface area contributed by atoms with E-state index in [-0.39, 0.29) is 24.1 Å². The fourth-order valence-electron chi connectivity index (χ4n) is 2.30. The number of aliphatic carboxylic acids is 1. The van der Waals surface area contributed by atoms with Crippen LogP contribution >= 0.6 is 0 Å². The molecule has 0 heterocycles. The minimum atomic E-state index is -0.874. The van der Waals surface area contributed by atoms with Crippen molar-refractivity contribution in [3.8, 4) is 0 Å². The lowest BCUT2D eigenvalue weighted by atomic mass is 10.2. The molecule has 0 fully saturated rings. The van der Waals surface area contributed by atoms with Gasteiger partial charge in [0, 0.05) is 0 Å². The Morgan fingerprint density at radius 2 is 1.77 bits per heavy atom. The molecule has 0 saturated carbocycles. The highest BCUT2D eigenvalue weighted by molar-refractivity contribution is 5.66. The first kappa shape index (κ1) is 21.0. The molecule has 0 rings (SSSR count). The predicted octanol–water partition coefficient (Wildman–Crippen LogP) is 1.37. The number of aliphatic hydroxyl groups excluding tert-OH is 2. The summed E-state index contributed by atoms with van der Waals surface area (Å²) in [4.78, 5) is 10.8. The maximum atomic E-state index is 10.8. The lowest BCUT2D eigenvalue weighted by molar-refractivity contribution is -0.945. The summed E-state index contributed by atoms with van der Waals surface area (Å²) in [5.41, 5.74) is 0. The minimum Gasteiger partial charge on any atom is -0.481 e. The number of hydrogen-bond acceptors (Lipinski definition) is 4. The highest BCUT2D eigenvalue weighted by Gasteiger charge is 2.27. The van der Waals surface area contributed by atoms with Crippen molar-refractivity contribution in [2.45, 2.75) is 39.0 Å². The predicted molar refractivity (Wildman–Crippen MR) is 85.4 cm³/mol. The minimum absolute atomic E-state index is 0.00513. The Kier molecular flexibility index (Phi) is 13.1. The molecule has 0 aromatic carbocycles. The van der Waals surface area contributed by atoms with Crippen LogP contribution in [-0.4, -0.2) is 72.0 Å². The van der Waals surface area contributed by atoms with Crippen LogP contribution in [-0.2, 0) is 9.53 Å². The van der Waals surface area contributed by atoms with Gasteiger partial charge in [0.15, 0.2) is 6.73 Å². The van der Waals surface area contributed by atoms with Crippen LogP contribution in [0.15, 0.2) is 12.2 Å². The van der Waals surface area contributed by atoms with E-state index in [1.165, 1.54) is 0 Å². The number of hydrogen-bond donors (Lipinski definition) is 3. The fraction of sp³-hybridized carbons (Fsp3) is 0.812. The summed E-state index contributed by atoms with van der Waals surface area (Å²) in [7, 11) is 0. The Bertz CT molecular complexity index is 301. The SMILES string of the molecule is CC/C=C/CCCCOC[N+](CCO)(CCO)CCC(=O)O. The van der Waals surface area contributed by atoms with Crippen LogP contribution in [0, 0.1) is 0 Å². The number of nitrogens with zero attached hydrogens (tertiary/aromatic N) is 1. The molecule has 6 heteroatoms. The Morgan fingerprint density at radius 1 is 1.09 bits per heavy atom. The Labute approximate surface area is 133 Å². The number of carboxylic acid groups (broad SMARTS) is 1. The summed E-state index contributed by atoms with van der Waals surface area (Å²) < 4.78 is 5.96. The average molecular weight is 318 g/mol. The second-order valence-electron chi connectivity index (χ2n) is 5.52. The van der Waals surface area contributed by atoms with Gasteiger partial charge in [-0.1, -0.05) is 19.1 Å². The van der Waals surface area contributed by atoms with E-state index < -0.39 is 5.97 Å². The molecule has 0 aromatic rings. The molecule has 0 amide bonds. The van der Waals surface area contributed by atoms with Gasteiger partial charge in [-0.05, 0) is 25.7 Å². The molecule has 0 unspecified atom stereocenters. The lowest BCUT2D eigenvalue weighted by Gasteiger charge is -2.36. The summed E-state index contributed by atoms with van der Waals surface area (Å²) in [5, 5.41) is 27.3. The van der Waals surface area contributed by atoms with Crippen molar-refractivity contribution in [3.63, 3.8) is 0 Å². The molecule has 3 N–H and O–H groups in total. The third-order valence-electron chi connectivity index (χ3n) is 3.63. The van der Waals surface area contributed by atoms with E-state index in [2.05, 4.69) is 19.1 Å². The maximum Gasteiger partial charge on any atom is 0.309 e. The van der Waals surface area contributed by atoms with Crippen LogP contribution in [0.3, 0.4) is 0 Å². The van der Waals surface area contributed by atoms with E-state index in [9.17, 15) is 15.0 Å².